The lowest BCUT2D eigenvalue weighted by Crippen LogP contribution is -2.59. The lowest BCUT2D eigenvalue weighted by Gasteiger charge is -2.44. The number of fused-ring (bicyclic) bond motifs is 3. The predicted octanol–water partition coefficient (Wildman–Crippen LogP) is 2.88. The van der Waals surface area contributed by atoms with E-state index in [4.69, 9.17) is 0 Å². The van der Waals surface area contributed by atoms with Crippen LogP contribution in [0.1, 0.15) is 26.7 Å². The molecule has 0 spiro atoms. The van der Waals surface area contributed by atoms with Crippen LogP contribution < -0.4 is 5.32 Å². The molecule has 0 saturated heterocycles. The van der Waals surface area contributed by atoms with Crippen molar-refractivity contribution in [2.45, 2.75) is 32.4 Å². The maximum atomic E-state index is 12.6. The molecule has 5 nitrogen and oxygen atoms in total. The fourth-order valence-electron chi connectivity index (χ4n) is 2.83. The predicted molar refractivity (Wildman–Crippen MR) is 75.2 cm³/mol. The Morgan fingerprint density at radius 2 is 1.95 bits per heavy atom. The highest BCUT2D eigenvalue weighted by Gasteiger charge is 2.41. The maximum absolute atomic E-state index is 12.6. The molecule has 1 amide bonds. The average Bonchev–Trinajstić information content (AvgIpc) is 2.81. The van der Waals surface area contributed by atoms with E-state index in [1.807, 2.05) is 31.3 Å². The van der Waals surface area contributed by atoms with Crippen molar-refractivity contribution in [3.8, 4) is 0 Å². The smallest absolute Gasteiger partial charge is 0.332 e. The van der Waals surface area contributed by atoms with Gasteiger partial charge in [-0.2, -0.15) is 0 Å². The number of imidazole rings is 1. The molecule has 100 valence electrons. The van der Waals surface area contributed by atoms with Crippen molar-refractivity contribution in [3.05, 3.63) is 24.3 Å². The Kier molecular flexibility index (Phi) is 2.52. The molecule has 0 radical (unpaired) electrons. The molecule has 5 heteroatoms. The highest BCUT2D eigenvalue weighted by molar-refractivity contribution is 5.94. The molecule has 1 aromatic carbocycles. The summed E-state index contributed by atoms with van der Waals surface area (Å²) >= 11 is 0. The van der Waals surface area contributed by atoms with Gasteiger partial charge in [0.05, 0.1) is 11.0 Å². The van der Waals surface area contributed by atoms with Crippen LogP contribution in [0.4, 0.5) is 10.7 Å². The van der Waals surface area contributed by atoms with Gasteiger partial charge in [-0.15, -0.1) is 0 Å². The summed E-state index contributed by atoms with van der Waals surface area (Å²) in [6.07, 6.45) is 1.68. The lowest BCUT2D eigenvalue weighted by molar-refractivity contribution is 0.137. The SMILES string of the molecule is CCC1(CC)Nc2nc3ccccc3n2C(=O)N1C. The van der Waals surface area contributed by atoms with E-state index in [1.165, 1.54) is 0 Å². The molecule has 2 aromatic rings. The van der Waals surface area contributed by atoms with Crippen LogP contribution in [0.25, 0.3) is 11.0 Å². The summed E-state index contributed by atoms with van der Waals surface area (Å²) in [6.45, 7) is 4.16. The molecule has 0 bridgehead atoms. The van der Waals surface area contributed by atoms with Crippen LogP contribution in [0.2, 0.25) is 0 Å². The van der Waals surface area contributed by atoms with Crippen LogP contribution in [0.5, 0.6) is 0 Å². The molecule has 0 atom stereocenters. The maximum Gasteiger partial charge on any atom is 0.333 e. The number of anilines is 1. The molecule has 0 saturated carbocycles. The normalized spacial score (nSPS) is 17.4. The van der Waals surface area contributed by atoms with E-state index in [0.717, 1.165) is 23.9 Å². The summed E-state index contributed by atoms with van der Waals surface area (Å²) in [5, 5.41) is 3.44. The van der Waals surface area contributed by atoms with E-state index in [9.17, 15) is 4.79 Å². The largest absolute Gasteiger partial charge is 0.333 e. The van der Waals surface area contributed by atoms with Gasteiger partial charge in [-0.25, -0.2) is 14.3 Å². The second-order valence-electron chi connectivity index (χ2n) is 4.96. The first kappa shape index (κ1) is 12.0. The van der Waals surface area contributed by atoms with Gasteiger partial charge in [-0.1, -0.05) is 26.0 Å². The van der Waals surface area contributed by atoms with Crippen molar-refractivity contribution in [3.63, 3.8) is 0 Å². The monoisotopic (exact) mass is 258 g/mol. The fourth-order valence-corrected chi connectivity index (χ4v) is 2.83. The van der Waals surface area contributed by atoms with Crippen LogP contribution in [-0.2, 0) is 0 Å². The summed E-state index contributed by atoms with van der Waals surface area (Å²) in [4.78, 5) is 19.0. The summed E-state index contributed by atoms with van der Waals surface area (Å²) in [5.41, 5.74) is 1.35. The van der Waals surface area contributed by atoms with Crippen LogP contribution in [0.15, 0.2) is 24.3 Å². The number of nitrogens with zero attached hydrogens (tertiary/aromatic N) is 3. The van der Waals surface area contributed by atoms with Crippen LogP contribution >= 0.6 is 0 Å². The molecule has 2 heterocycles. The summed E-state index contributed by atoms with van der Waals surface area (Å²) in [6, 6.07) is 7.68. The summed E-state index contributed by atoms with van der Waals surface area (Å²) in [5.74, 6) is 0.646. The molecule has 19 heavy (non-hydrogen) atoms. The van der Waals surface area contributed by atoms with Crippen LogP contribution in [0, 0.1) is 0 Å². The quantitative estimate of drug-likeness (QED) is 0.901. The number of amides is 1. The van der Waals surface area contributed by atoms with Crippen LogP contribution in [0.3, 0.4) is 0 Å². The van der Waals surface area contributed by atoms with Gasteiger partial charge in [0.1, 0.15) is 5.66 Å². The summed E-state index contributed by atoms with van der Waals surface area (Å²) < 4.78 is 1.65. The number of carbonyl (C=O) groups is 1. The third kappa shape index (κ3) is 1.47. The number of aromatic nitrogens is 2. The van der Waals surface area contributed by atoms with Gasteiger partial charge in [0, 0.05) is 7.05 Å². The van der Waals surface area contributed by atoms with Crippen molar-refractivity contribution in [2.24, 2.45) is 0 Å². The molecule has 3 rings (SSSR count). The Labute approximate surface area is 112 Å². The first-order valence-corrected chi connectivity index (χ1v) is 6.67. The van der Waals surface area contributed by atoms with E-state index >= 15 is 0 Å². The van der Waals surface area contributed by atoms with Crippen LogP contribution in [-0.4, -0.2) is 33.2 Å². The molecule has 0 unspecified atom stereocenters. The first-order valence-electron chi connectivity index (χ1n) is 6.67. The molecule has 1 aromatic heterocycles. The van der Waals surface area contributed by atoms with E-state index in [-0.39, 0.29) is 11.7 Å². The van der Waals surface area contributed by atoms with Crippen molar-refractivity contribution in [1.29, 1.82) is 0 Å². The minimum absolute atomic E-state index is 0.0221. The van der Waals surface area contributed by atoms with Gasteiger partial charge >= 0.3 is 6.03 Å². The summed E-state index contributed by atoms with van der Waals surface area (Å²) in [7, 11) is 1.85. The van der Waals surface area contributed by atoms with Crippen molar-refractivity contribution in [2.75, 3.05) is 12.4 Å². The first-order chi connectivity index (χ1) is 9.13. The number of nitrogens with one attached hydrogen (secondary N) is 1. The van der Waals surface area contributed by atoms with Gasteiger partial charge in [-0.05, 0) is 25.0 Å². The molecule has 1 N–H and O–H groups in total. The second kappa shape index (κ2) is 3.98. The molecule has 0 aliphatic carbocycles. The van der Waals surface area contributed by atoms with Gasteiger partial charge in [-0.3, -0.25) is 0 Å². The fraction of sp³-hybridized carbons (Fsp3) is 0.429. The zero-order valence-corrected chi connectivity index (χ0v) is 11.5. The number of hydrogen-bond donors (Lipinski definition) is 1. The van der Waals surface area contributed by atoms with Gasteiger partial charge in [0.15, 0.2) is 0 Å². The zero-order valence-electron chi connectivity index (χ0n) is 11.5. The number of benzene rings is 1. The molecule has 1 aliphatic rings. The van der Waals surface area contributed by atoms with E-state index in [1.54, 1.807) is 9.47 Å². The Bertz CT molecular complexity index is 642. The molecule has 1 aliphatic heterocycles. The Hall–Kier alpha value is -2.04. The van der Waals surface area contributed by atoms with Crippen molar-refractivity contribution >= 4 is 23.0 Å². The van der Waals surface area contributed by atoms with Gasteiger partial charge in [0.25, 0.3) is 0 Å². The van der Waals surface area contributed by atoms with Gasteiger partial charge in [0.2, 0.25) is 5.95 Å². The Balaban J connectivity index is 2.23. The van der Waals surface area contributed by atoms with Gasteiger partial charge < -0.3 is 10.2 Å². The number of hydrogen-bond acceptors (Lipinski definition) is 3. The highest BCUT2D eigenvalue weighted by atomic mass is 16.2. The standard InChI is InChI=1S/C14H18N4O/c1-4-14(5-2)16-12-15-10-8-6-7-9-11(10)18(12)13(19)17(14)3/h6-9H,4-5H2,1-3H3,(H,15,16). The number of carbonyl (C=O) groups excluding carboxylic acids is 1. The minimum atomic E-state index is -0.339. The highest BCUT2D eigenvalue weighted by Crippen LogP contribution is 2.33. The topological polar surface area (TPSA) is 50.2 Å². The Morgan fingerprint density at radius 3 is 2.63 bits per heavy atom. The van der Waals surface area contributed by atoms with E-state index in [2.05, 4.69) is 24.1 Å². The minimum Gasteiger partial charge on any atom is -0.332 e. The zero-order chi connectivity index (χ0) is 13.6. The van der Waals surface area contributed by atoms with E-state index in [0.29, 0.717) is 5.95 Å². The Morgan fingerprint density at radius 1 is 1.26 bits per heavy atom. The molecule has 0 fully saturated rings. The molecular formula is C14H18N4O. The third-order valence-corrected chi connectivity index (χ3v) is 4.20. The van der Waals surface area contributed by atoms with E-state index < -0.39 is 0 Å². The van der Waals surface area contributed by atoms with Crippen molar-refractivity contribution in [1.82, 2.24) is 14.5 Å². The average molecular weight is 258 g/mol. The number of rotatable bonds is 2. The lowest BCUT2D eigenvalue weighted by atomic mass is 10.0. The number of para-hydroxylation sites is 2. The van der Waals surface area contributed by atoms with Crippen molar-refractivity contribution < 1.29 is 4.79 Å². The third-order valence-electron chi connectivity index (χ3n) is 4.20. The second-order valence-corrected chi connectivity index (χ2v) is 4.96. The molecular weight excluding hydrogens is 240 g/mol.